The highest BCUT2D eigenvalue weighted by Crippen LogP contribution is 2.63. The third kappa shape index (κ3) is 11.5. The van der Waals surface area contributed by atoms with E-state index in [1.54, 1.807) is 0 Å². The Labute approximate surface area is 403 Å². The fourth-order valence-corrected chi connectivity index (χ4v) is 12.0. The van der Waals surface area contributed by atoms with Gasteiger partial charge in [0.2, 0.25) is 5.91 Å². The van der Waals surface area contributed by atoms with E-state index in [1.165, 1.54) is 5.57 Å². The van der Waals surface area contributed by atoms with Crippen molar-refractivity contribution in [3.05, 3.63) is 164 Å². The molecule has 2 aliphatic heterocycles. The predicted octanol–water partition coefficient (Wildman–Crippen LogP) is 7.81. The van der Waals surface area contributed by atoms with E-state index in [0.717, 1.165) is 46.2 Å². The molecule has 2 heterocycles. The maximum atomic E-state index is 14.8. The van der Waals surface area contributed by atoms with Crippen LogP contribution >= 0.6 is 0 Å². The number of nitrogens with two attached hydrogens (primary N) is 1. The Morgan fingerprint density at radius 1 is 0.912 bits per heavy atom. The zero-order chi connectivity index (χ0) is 48.8. The number of nitrogens with one attached hydrogen (secondary N) is 2. The van der Waals surface area contributed by atoms with Gasteiger partial charge in [-0.15, -0.1) is 0 Å². The minimum Gasteiger partial charge on any atom is -0.393 e. The number of aliphatic hydroxyl groups is 5. The standard InChI is InChI=1S/C58H75N3O7/c1-36(2)12-9-13-37(3)14-10-18-44(35-62)48-25-27-58(54(48)66)50-23-22-45(63)32-42-30-40(29-41(31-42)28-39-15-7-6-8-16-39)20-21-46(64)34-60-53-52-43(17-11-19-49(52)55(59)61-56(53)67)33-51(65)38(4)47(50)24-26-57(58,5)68/h6-8,10-12,14-19,29-31,45-46,48,50,53-55,60,62-64,66,68H,3,9,13,20-28,32-35,59H2,1-2,4-5H3,(H,61,67)/b14-10+,44-18-,47-38+/t45-,46-,48+,50+,53-,54+,55+,57+,58+/m0/s1. The first-order chi connectivity index (χ1) is 32.5. The largest absolute Gasteiger partial charge is 0.393 e. The third-order valence-electron chi connectivity index (χ3n) is 15.6. The third-order valence-corrected chi connectivity index (χ3v) is 15.6. The molecule has 0 aromatic heterocycles. The van der Waals surface area contributed by atoms with Gasteiger partial charge >= 0.3 is 0 Å². The summed E-state index contributed by atoms with van der Waals surface area (Å²) in [5.74, 6) is -1.39. The highest BCUT2D eigenvalue weighted by Gasteiger charge is 2.64. The molecule has 1 spiro atoms. The molecular weight excluding hydrogens is 851 g/mol. The average molecular weight is 926 g/mol. The number of hydrogen-bond donors (Lipinski definition) is 8. The van der Waals surface area contributed by atoms with E-state index in [4.69, 9.17) is 5.73 Å². The van der Waals surface area contributed by atoms with Gasteiger partial charge in [0, 0.05) is 24.3 Å². The predicted molar refractivity (Wildman–Crippen MR) is 269 cm³/mol. The molecule has 2 saturated carbocycles. The van der Waals surface area contributed by atoms with Crippen molar-refractivity contribution < 1.29 is 35.1 Å². The number of carbonyl (C=O) groups is 2. The molecule has 364 valence electrons. The van der Waals surface area contributed by atoms with Crippen molar-refractivity contribution in [3.63, 3.8) is 0 Å². The highest BCUT2D eigenvalue weighted by molar-refractivity contribution is 5.98. The second-order valence-electron chi connectivity index (χ2n) is 20.6. The van der Waals surface area contributed by atoms with E-state index >= 15 is 0 Å². The summed E-state index contributed by atoms with van der Waals surface area (Å²) in [6.45, 7) is 11.9. The van der Waals surface area contributed by atoms with E-state index < -0.39 is 53.4 Å². The van der Waals surface area contributed by atoms with E-state index in [1.807, 2.05) is 68.5 Å². The molecule has 10 nitrogen and oxygen atoms in total. The summed E-state index contributed by atoms with van der Waals surface area (Å²) >= 11 is 0. The molecule has 68 heavy (non-hydrogen) atoms. The number of aliphatic hydroxyl groups excluding tert-OH is 4. The molecule has 3 aromatic carbocycles. The molecule has 9 N–H and O–H groups in total. The number of amides is 1. The van der Waals surface area contributed by atoms with Gasteiger partial charge in [-0.05, 0) is 161 Å². The number of carbonyl (C=O) groups excluding carboxylic acids is 2. The number of hydrogen-bond acceptors (Lipinski definition) is 9. The van der Waals surface area contributed by atoms with Crippen LogP contribution in [0.25, 0.3) is 0 Å². The van der Waals surface area contributed by atoms with Crippen LogP contribution in [-0.2, 0) is 35.3 Å². The van der Waals surface area contributed by atoms with E-state index in [9.17, 15) is 35.1 Å². The highest BCUT2D eigenvalue weighted by atomic mass is 16.3. The van der Waals surface area contributed by atoms with Gasteiger partial charge in [-0.3, -0.25) is 14.9 Å². The van der Waals surface area contributed by atoms with Crippen LogP contribution in [0.2, 0.25) is 0 Å². The Morgan fingerprint density at radius 3 is 2.43 bits per heavy atom. The van der Waals surface area contributed by atoms with Crippen LogP contribution in [0.5, 0.6) is 0 Å². The lowest BCUT2D eigenvalue weighted by atomic mass is 9.52. The number of benzene rings is 3. The van der Waals surface area contributed by atoms with Crippen molar-refractivity contribution in [1.29, 1.82) is 0 Å². The second-order valence-corrected chi connectivity index (χ2v) is 20.6. The smallest absolute Gasteiger partial charge is 0.243 e. The minimum absolute atomic E-state index is 0.00746. The maximum Gasteiger partial charge on any atom is 0.243 e. The summed E-state index contributed by atoms with van der Waals surface area (Å²) in [6, 6.07) is 21.4. The van der Waals surface area contributed by atoms with Crippen LogP contribution in [-0.4, -0.2) is 74.3 Å². The van der Waals surface area contributed by atoms with Crippen LogP contribution in [0, 0.1) is 17.3 Å². The quantitative estimate of drug-likeness (QED) is 0.0784. The fourth-order valence-electron chi connectivity index (χ4n) is 12.0. The molecule has 2 fully saturated rings. The molecule has 3 aromatic rings. The maximum absolute atomic E-state index is 14.8. The first-order valence-electron chi connectivity index (χ1n) is 24.9. The first kappa shape index (κ1) is 51.1. The van der Waals surface area contributed by atoms with Gasteiger partial charge in [0.1, 0.15) is 12.2 Å². The molecule has 9 atom stereocenters. The van der Waals surface area contributed by atoms with Gasteiger partial charge in [0.25, 0.3) is 0 Å². The summed E-state index contributed by atoms with van der Waals surface area (Å²) in [5.41, 5.74) is 14.7. The lowest BCUT2D eigenvalue weighted by molar-refractivity contribution is -0.168. The average Bonchev–Trinajstić information content (AvgIpc) is 3.64. The molecule has 2 bridgehead atoms. The van der Waals surface area contributed by atoms with Gasteiger partial charge in [-0.1, -0.05) is 114 Å². The molecule has 7 rings (SSSR count). The zero-order valence-electron chi connectivity index (χ0n) is 40.6. The molecule has 0 unspecified atom stereocenters. The number of β-amino-alcohol motifs (C(OH)–C–C–N with tert-alkyl or cyclic N) is 1. The molecule has 1 amide bonds. The van der Waals surface area contributed by atoms with Gasteiger partial charge in [0.05, 0.1) is 30.5 Å². The van der Waals surface area contributed by atoms with Gasteiger partial charge in [-0.2, -0.15) is 0 Å². The number of fused-ring (bicyclic) bond motifs is 4. The zero-order valence-corrected chi connectivity index (χ0v) is 40.6. The SMILES string of the molecule is C=C(/C=C/C=C(/CO)[C@H]1CC[C@@]2([C@@H]3CC[C@H](O)Cc4cc(cc(Cc5ccccc5)c4)CC[C@H](O)CN[C@@H]4C(=O)N[C@@H](N)c5cccc(c54)CC(=O)/C(C)=C/3CC[C@@]2(C)O)[C@@H]1O)CCC=C(C)C. The van der Waals surface area contributed by atoms with Crippen molar-refractivity contribution in [2.24, 2.45) is 23.0 Å². The Hall–Kier alpha value is -4.78. The summed E-state index contributed by atoms with van der Waals surface area (Å²) in [5, 5.41) is 65.8. The number of rotatable bonds is 9. The lowest BCUT2D eigenvalue weighted by Gasteiger charge is -2.56. The van der Waals surface area contributed by atoms with Crippen LogP contribution in [0.3, 0.4) is 0 Å². The molecule has 0 radical (unpaired) electrons. The molecule has 0 saturated heterocycles. The van der Waals surface area contributed by atoms with Crippen molar-refractivity contribution >= 4 is 11.7 Å². The Kier molecular flexibility index (Phi) is 16.8. The van der Waals surface area contributed by atoms with Gasteiger partial charge < -0.3 is 36.6 Å². The summed E-state index contributed by atoms with van der Waals surface area (Å²) in [7, 11) is 0. The topological polar surface area (TPSA) is 185 Å². The van der Waals surface area contributed by atoms with E-state index in [2.05, 4.69) is 67.5 Å². The van der Waals surface area contributed by atoms with Crippen LogP contribution in [0.15, 0.2) is 125 Å². The van der Waals surface area contributed by atoms with E-state index in [-0.39, 0.29) is 31.3 Å². The normalized spacial score (nSPS) is 30.7. The number of ketones is 1. The molecular formula is C58H75N3O7. The van der Waals surface area contributed by atoms with Crippen molar-refractivity contribution in [2.45, 2.75) is 147 Å². The summed E-state index contributed by atoms with van der Waals surface area (Å²) in [6.07, 6.45) is 10.8. The Balaban J connectivity index is 1.28. The Bertz CT molecular complexity index is 2430. The molecule has 4 aliphatic rings. The van der Waals surface area contributed by atoms with E-state index in [0.29, 0.717) is 92.0 Å². The van der Waals surface area contributed by atoms with Crippen molar-refractivity contribution in [1.82, 2.24) is 10.6 Å². The van der Waals surface area contributed by atoms with Crippen molar-refractivity contribution in [2.75, 3.05) is 13.2 Å². The molecule has 10 heteroatoms. The van der Waals surface area contributed by atoms with Gasteiger partial charge in [-0.25, -0.2) is 0 Å². The van der Waals surface area contributed by atoms with Crippen LogP contribution in [0.1, 0.15) is 137 Å². The lowest BCUT2D eigenvalue weighted by Crippen LogP contribution is -2.59. The molecule has 2 aliphatic carbocycles. The minimum atomic E-state index is -1.33. The number of allylic oxidation sites excluding steroid dienone is 8. The monoisotopic (exact) mass is 926 g/mol. The summed E-state index contributed by atoms with van der Waals surface area (Å²) < 4.78 is 0. The number of Topliss-reactive ketones (excluding diaryl/α,β-unsaturated/α-hetero) is 1. The fraction of sp³-hybridized carbons (Fsp3) is 0.483. The van der Waals surface area contributed by atoms with Crippen LogP contribution < -0.4 is 16.4 Å². The second kappa shape index (κ2) is 22.3. The number of aryl methyl sites for hydroxylation is 1. The first-order valence-corrected chi connectivity index (χ1v) is 24.9. The van der Waals surface area contributed by atoms with Crippen LogP contribution in [0.4, 0.5) is 0 Å². The van der Waals surface area contributed by atoms with Gasteiger partial charge in [0.15, 0.2) is 5.78 Å². The Morgan fingerprint density at radius 2 is 1.68 bits per heavy atom. The summed E-state index contributed by atoms with van der Waals surface area (Å²) in [4.78, 5) is 28.5. The van der Waals surface area contributed by atoms with Crippen molar-refractivity contribution in [3.8, 4) is 0 Å².